The summed E-state index contributed by atoms with van der Waals surface area (Å²) in [6.45, 7) is 6.25. The summed E-state index contributed by atoms with van der Waals surface area (Å²) in [5, 5.41) is 2.16. The van der Waals surface area contributed by atoms with Gasteiger partial charge in [-0.25, -0.2) is 9.86 Å². The van der Waals surface area contributed by atoms with E-state index in [-0.39, 0.29) is 12.5 Å². The molecule has 6 nitrogen and oxygen atoms in total. The van der Waals surface area contributed by atoms with Crippen molar-refractivity contribution in [2.45, 2.75) is 44.6 Å². The van der Waals surface area contributed by atoms with Crippen molar-refractivity contribution < 1.29 is 19.2 Å². The second-order valence-electron chi connectivity index (χ2n) is 8.61. The van der Waals surface area contributed by atoms with Gasteiger partial charge in [-0.3, -0.25) is 9.63 Å². The van der Waals surface area contributed by atoms with Gasteiger partial charge < -0.3 is 9.64 Å². The van der Waals surface area contributed by atoms with Crippen LogP contribution in [0.15, 0.2) is 18.2 Å². The molecule has 1 aromatic rings. The largest absolute Gasteiger partial charge is 0.444 e. The van der Waals surface area contributed by atoms with Gasteiger partial charge in [0.2, 0.25) is 0 Å². The van der Waals surface area contributed by atoms with Gasteiger partial charge in [-0.2, -0.15) is 0 Å². The smallest absolute Gasteiger partial charge is 0.410 e. The number of hydrogen-bond donors (Lipinski definition) is 0. The van der Waals surface area contributed by atoms with Crippen molar-refractivity contribution >= 4 is 35.2 Å². The maximum absolute atomic E-state index is 13.2. The summed E-state index contributed by atoms with van der Waals surface area (Å²) < 4.78 is 5.52. The van der Waals surface area contributed by atoms with Gasteiger partial charge in [0.25, 0.3) is 5.91 Å². The van der Waals surface area contributed by atoms with E-state index < -0.39 is 22.5 Å². The van der Waals surface area contributed by atoms with Crippen molar-refractivity contribution in [1.82, 2.24) is 9.96 Å². The zero-order valence-electron chi connectivity index (χ0n) is 16.8. The lowest BCUT2D eigenvalue weighted by atomic mass is 9.79. The lowest BCUT2D eigenvalue weighted by molar-refractivity contribution is -0.177. The number of carbonyl (C=O) groups excluding carboxylic acids is 2. The van der Waals surface area contributed by atoms with Gasteiger partial charge >= 0.3 is 6.09 Å². The predicted octanol–water partition coefficient (Wildman–Crippen LogP) is 4.28. The molecule has 28 heavy (non-hydrogen) atoms. The number of carbonyl (C=O) groups is 2. The molecule has 1 aliphatic carbocycles. The molecule has 2 atom stereocenters. The summed E-state index contributed by atoms with van der Waals surface area (Å²) in [7, 11) is 3.04. The Balaban J connectivity index is 1.95. The van der Waals surface area contributed by atoms with Crippen LogP contribution in [0.25, 0.3) is 0 Å². The minimum atomic E-state index is -0.774. The monoisotopic (exact) mass is 428 g/mol. The fraction of sp³-hybridized carbons (Fsp3) is 0.600. The first-order chi connectivity index (χ1) is 13.0. The number of hydroxylamine groups is 2. The number of piperidine rings is 1. The van der Waals surface area contributed by atoms with Crippen LogP contribution in [0.1, 0.15) is 39.2 Å². The first-order valence-electron chi connectivity index (χ1n) is 9.21. The number of benzene rings is 1. The molecule has 154 valence electrons. The zero-order chi connectivity index (χ0) is 20.9. The SMILES string of the molecule is CON(C)C(=O)C12CN(C(=O)OC(C)(C)C)CCC1(c1ccc(Cl)c(Cl)c1)C2. The Hall–Kier alpha value is -1.50. The van der Waals surface area contributed by atoms with E-state index in [4.69, 9.17) is 32.8 Å². The quantitative estimate of drug-likeness (QED) is 0.673. The maximum Gasteiger partial charge on any atom is 0.410 e. The molecular formula is C20H26Cl2N2O4. The Morgan fingerprint density at radius 2 is 1.89 bits per heavy atom. The van der Waals surface area contributed by atoms with E-state index in [1.807, 2.05) is 32.9 Å². The van der Waals surface area contributed by atoms with Crippen molar-refractivity contribution in [3.63, 3.8) is 0 Å². The number of rotatable bonds is 3. The second kappa shape index (κ2) is 7.08. The van der Waals surface area contributed by atoms with Crippen LogP contribution in [-0.2, 0) is 19.8 Å². The van der Waals surface area contributed by atoms with E-state index in [0.717, 1.165) is 5.56 Å². The van der Waals surface area contributed by atoms with Crippen molar-refractivity contribution in [3.8, 4) is 0 Å². The Morgan fingerprint density at radius 3 is 2.46 bits per heavy atom. The van der Waals surface area contributed by atoms with E-state index in [9.17, 15) is 9.59 Å². The molecule has 2 fully saturated rings. The van der Waals surface area contributed by atoms with E-state index in [0.29, 0.717) is 29.4 Å². The van der Waals surface area contributed by atoms with Gasteiger partial charge in [-0.15, -0.1) is 0 Å². The average Bonchev–Trinajstić information content (AvgIpc) is 3.32. The first kappa shape index (κ1) is 21.2. The summed E-state index contributed by atoms with van der Waals surface area (Å²) in [5.41, 5.74) is -0.809. The summed E-state index contributed by atoms with van der Waals surface area (Å²) in [6.07, 6.45) is 0.839. The molecule has 2 aliphatic rings. The van der Waals surface area contributed by atoms with E-state index in [2.05, 4.69) is 0 Å². The Morgan fingerprint density at radius 1 is 1.21 bits per heavy atom. The Bertz CT molecular complexity index is 810. The first-order valence-corrected chi connectivity index (χ1v) is 9.97. The fourth-order valence-electron chi connectivity index (χ4n) is 4.27. The molecule has 0 N–H and O–H groups in total. The molecule has 1 saturated heterocycles. The molecule has 1 aliphatic heterocycles. The van der Waals surface area contributed by atoms with Crippen LogP contribution in [0.3, 0.4) is 0 Å². The number of likely N-dealkylation sites (tertiary alicyclic amines) is 1. The van der Waals surface area contributed by atoms with Crippen LogP contribution in [0.4, 0.5) is 4.79 Å². The molecule has 2 unspecified atom stereocenters. The molecule has 0 radical (unpaired) electrons. The van der Waals surface area contributed by atoms with Gasteiger partial charge in [-0.1, -0.05) is 29.3 Å². The van der Waals surface area contributed by atoms with Gasteiger partial charge in [-0.05, 0) is 51.3 Å². The van der Waals surface area contributed by atoms with E-state index in [1.165, 1.54) is 12.2 Å². The van der Waals surface area contributed by atoms with Crippen LogP contribution in [0.5, 0.6) is 0 Å². The van der Waals surface area contributed by atoms with Crippen LogP contribution >= 0.6 is 23.2 Å². The highest BCUT2D eigenvalue weighted by atomic mass is 35.5. The van der Waals surface area contributed by atoms with Crippen LogP contribution in [0, 0.1) is 5.41 Å². The minimum absolute atomic E-state index is 0.158. The highest BCUT2D eigenvalue weighted by molar-refractivity contribution is 6.42. The third-order valence-electron chi connectivity index (χ3n) is 5.76. The normalized spacial score (nSPS) is 26.5. The molecule has 1 heterocycles. The van der Waals surface area contributed by atoms with Gasteiger partial charge in [0.15, 0.2) is 0 Å². The molecule has 1 saturated carbocycles. The number of fused-ring (bicyclic) bond motifs is 1. The number of hydrogen-bond acceptors (Lipinski definition) is 4. The summed E-state index contributed by atoms with van der Waals surface area (Å²) in [6, 6.07) is 5.50. The summed E-state index contributed by atoms with van der Waals surface area (Å²) >= 11 is 12.3. The number of halogens is 2. The molecule has 2 amide bonds. The van der Waals surface area contributed by atoms with Crippen LogP contribution in [-0.4, -0.2) is 54.8 Å². The summed E-state index contributed by atoms with van der Waals surface area (Å²) in [5.74, 6) is -0.158. The lowest BCUT2D eigenvalue weighted by Crippen LogP contribution is -2.52. The molecule has 0 bridgehead atoms. The standard InChI is InChI=1S/C20H26Cl2N2O4/c1-18(2,3)28-17(26)24-9-8-19(13-6-7-14(21)15(22)10-13)11-20(19,12-24)16(25)23(4)27-5/h6-7,10H,8-9,11-12H2,1-5H3. The van der Waals surface area contributed by atoms with Crippen LogP contribution in [0.2, 0.25) is 10.0 Å². The van der Waals surface area contributed by atoms with E-state index in [1.54, 1.807) is 18.0 Å². The lowest BCUT2D eigenvalue weighted by Gasteiger charge is -2.39. The highest BCUT2D eigenvalue weighted by Gasteiger charge is 2.75. The zero-order valence-corrected chi connectivity index (χ0v) is 18.4. The number of ether oxygens (including phenoxy) is 1. The summed E-state index contributed by atoms with van der Waals surface area (Å²) in [4.78, 5) is 32.6. The van der Waals surface area contributed by atoms with Crippen molar-refractivity contribution in [1.29, 1.82) is 0 Å². The topological polar surface area (TPSA) is 59.1 Å². The van der Waals surface area contributed by atoms with E-state index >= 15 is 0 Å². The average molecular weight is 429 g/mol. The van der Waals surface area contributed by atoms with Gasteiger partial charge in [0.05, 0.1) is 22.6 Å². The third kappa shape index (κ3) is 3.46. The van der Waals surface area contributed by atoms with Crippen molar-refractivity contribution in [3.05, 3.63) is 33.8 Å². The van der Waals surface area contributed by atoms with Crippen molar-refractivity contribution in [2.24, 2.45) is 5.41 Å². The Kier molecular flexibility index (Phi) is 5.36. The second-order valence-corrected chi connectivity index (χ2v) is 9.42. The fourth-order valence-corrected chi connectivity index (χ4v) is 4.57. The molecule has 0 aromatic heterocycles. The number of amides is 2. The highest BCUT2D eigenvalue weighted by Crippen LogP contribution is 2.69. The van der Waals surface area contributed by atoms with Gasteiger partial charge in [0.1, 0.15) is 5.60 Å². The molecule has 8 heteroatoms. The minimum Gasteiger partial charge on any atom is -0.444 e. The third-order valence-corrected chi connectivity index (χ3v) is 6.50. The van der Waals surface area contributed by atoms with Crippen LogP contribution < -0.4 is 0 Å². The predicted molar refractivity (Wildman–Crippen MR) is 107 cm³/mol. The Labute approximate surface area is 175 Å². The molecule has 1 aromatic carbocycles. The van der Waals surface area contributed by atoms with Crippen molar-refractivity contribution in [2.75, 3.05) is 27.2 Å². The van der Waals surface area contributed by atoms with Gasteiger partial charge in [0, 0.05) is 25.6 Å². The molecular weight excluding hydrogens is 403 g/mol. The molecule has 3 rings (SSSR count). The molecule has 0 spiro atoms. The number of nitrogens with zero attached hydrogens (tertiary/aromatic N) is 2. The maximum atomic E-state index is 13.2.